The van der Waals surface area contributed by atoms with Crippen LogP contribution in [0.5, 0.6) is 0 Å². The zero-order valence-electron chi connectivity index (χ0n) is 17.1. The summed E-state index contributed by atoms with van der Waals surface area (Å²) in [6, 6.07) is 36.5. The van der Waals surface area contributed by atoms with Crippen molar-refractivity contribution in [2.24, 2.45) is 0 Å². The highest BCUT2D eigenvalue weighted by atomic mass is 16.4. The SMILES string of the molecule is c1ccc(N(c2ccccc2)c2cccc(-c3cc4oc(-c5ccco5)cc4o3)c2)cc1. The molecule has 6 rings (SSSR count). The van der Waals surface area contributed by atoms with Crippen molar-refractivity contribution < 1.29 is 13.3 Å². The molecule has 0 amide bonds. The van der Waals surface area contributed by atoms with Gasteiger partial charge in [-0.2, -0.15) is 0 Å². The summed E-state index contributed by atoms with van der Waals surface area (Å²) >= 11 is 0. The average Bonchev–Trinajstić information content (AvgIpc) is 3.58. The van der Waals surface area contributed by atoms with E-state index in [0.29, 0.717) is 22.7 Å². The predicted octanol–water partition coefficient (Wildman–Crippen LogP) is 8.42. The fourth-order valence-electron chi connectivity index (χ4n) is 3.92. The van der Waals surface area contributed by atoms with Gasteiger partial charge in [-0.3, -0.25) is 0 Å². The van der Waals surface area contributed by atoms with Gasteiger partial charge in [-0.05, 0) is 48.5 Å². The van der Waals surface area contributed by atoms with E-state index in [-0.39, 0.29) is 0 Å². The molecule has 0 bridgehead atoms. The second-order valence-corrected chi connectivity index (χ2v) is 7.48. The Morgan fingerprint density at radius 2 is 1.09 bits per heavy atom. The van der Waals surface area contributed by atoms with Crippen molar-refractivity contribution >= 4 is 28.2 Å². The van der Waals surface area contributed by atoms with Gasteiger partial charge >= 0.3 is 0 Å². The molecule has 0 aliphatic carbocycles. The molecule has 3 aromatic carbocycles. The Morgan fingerprint density at radius 3 is 1.75 bits per heavy atom. The third-order valence-corrected chi connectivity index (χ3v) is 5.39. The summed E-state index contributed by atoms with van der Waals surface area (Å²) in [4.78, 5) is 2.23. The molecule has 0 radical (unpaired) electrons. The van der Waals surface area contributed by atoms with Crippen molar-refractivity contribution in [1.29, 1.82) is 0 Å². The number of hydrogen-bond acceptors (Lipinski definition) is 4. The van der Waals surface area contributed by atoms with Crippen LogP contribution in [0.15, 0.2) is 129 Å². The summed E-state index contributed by atoms with van der Waals surface area (Å²) in [6.45, 7) is 0. The van der Waals surface area contributed by atoms with Crippen LogP contribution < -0.4 is 4.90 Å². The maximum absolute atomic E-state index is 6.13. The van der Waals surface area contributed by atoms with E-state index in [4.69, 9.17) is 13.3 Å². The van der Waals surface area contributed by atoms with Gasteiger partial charge in [0.25, 0.3) is 0 Å². The highest BCUT2D eigenvalue weighted by Gasteiger charge is 2.16. The lowest BCUT2D eigenvalue weighted by molar-refractivity contribution is 0.542. The van der Waals surface area contributed by atoms with Crippen LogP contribution in [-0.2, 0) is 0 Å². The molecule has 0 saturated heterocycles. The minimum absolute atomic E-state index is 0.656. The minimum atomic E-state index is 0.656. The molecule has 6 aromatic rings. The molecule has 0 unspecified atom stereocenters. The fraction of sp³-hybridized carbons (Fsp3) is 0. The summed E-state index contributed by atoms with van der Waals surface area (Å²) in [7, 11) is 0. The van der Waals surface area contributed by atoms with Gasteiger partial charge in [-0.15, -0.1) is 0 Å². The predicted molar refractivity (Wildman–Crippen MR) is 126 cm³/mol. The zero-order chi connectivity index (χ0) is 21.3. The van der Waals surface area contributed by atoms with Crippen LogP contribution in [0.3, 0.4) is 0 Å². The van der Waals surface area contributed by atoms with E-state index in [1.165, 1.54) is 0 Å². The molecule has 154 valence electrons. The van der Waals surface area contributed by atoms with Crippen molar-refractivity contribution in [3.05, 3.63) is 115 Å². The quantitative estimate of drug-likeness (QED) is 0.282. The Bertz CT molecular complexity index is 1390. The summed E-state index contributed by atoms with van der Waals surface area (Å²) in [6.07, 6.45) is 1.63. The largest absolute Gasteiger partial charge is 0.461 e. The first kappa shape index (κ1) is 18.3. The molecule has 0 fully saturated rings. The average molecular weight is 417 g/mol. The van der Waals surface area contributed by atoms with Crippen molar-refractivity contribution in [3.63, 3.8) is 0 Å². The molecule has 4 heteroatoms. The Labute approximate surface area is 184 Å². The molecule has 0 atom stereocenters. The van der Waals surface area contributed by atoms with E-state index in [2.05, 4.69) is 41.3 Å². The van der Waals surface area contributed by atoms with Crippen LogP contribution in [0, 0.1) is 0 Å². The van der Waals surface area contributed by atoms with Crippen LogP contribution in [-0.4, -0.2) is 0 Å². The molecular formula is C28H19NO3. The van der Waals surface area contributed by atoms with Gasteiger partial charge < -0.3 is 18.2 Å². The van der Waals surface area contributed by atoms with Crippen LogP contribution in [0.2, 0.25) is 0 Å². The summed E-state index contributed by atoms with van der Waals surface area (Å²) in [5.74, 6) is 2.09. The highest BCUT2D eigenvalue weighted by Crippen LogP contribution is 2.38. The maximum atomic E-state index is 6.13. The molecule has 0 spiro atoms. The molecule has 0 aliphatic heterocycles. The number of anilines is 3. The van der Waals surface area contributed by atoms with Gasteiger partial charge in [-0.1, -0.05) is 48.5 Å². The van der Waals surface area contributed by atoms with Crippen molar-refractivity contribution in [2.45, 2.75) is 0 Å². The normalized spacial score (nSPS) is 11.1. The third kappa shape index (κ3) is 3.28. The lowest BCUT2D eigenvalue weighted by Crippen LogP contribution is -2.09. The molecule has 3 heterocycles. The third-order valence-electron chi connectivity index (χ3n) is 5.39. The molecule has 0 saturated carbocycles. The van der Waals surface area contributed by atoms with E-state index in [9.17, 15) is 0 Å². The molecule has 32 heavy (non-hydrogen) atoms. The molecule has 4 nitrogen and oxygen atoms in total. The number of rotatable bonds is 5. The maximum Gasteiger partial charge on any atom is 0.174 e. The van der Waals surface area contributed by atoms with Gasteiger partial charge in [0.2, 0.25) is 0 Å². The Hall–Kier alpha value is -4.44. The fourth-order valence-corrected chi connectivity index (χ4v) is 3.92. The van der Waals surface area contributed by atoms with E-state index in [0.717, 1.165) is 28.4 Å². The molecule has 0 N–H and O–H groups in total. The second kappa shape index (κ2) is 7.67. The van der Waals surface area contributed by atoms with Crippen LogP contribution in [0.1, 0.15) is 0 Å². The Morgan fingerprint density at radius 1 is 0.469 bits per heavy atom. The highest BCUT2D eigenvalue weighted by molar-refractivity contribution is 5.84. The van der Waals surface area contributed by atoms with E-state index < -0.39 is 0 Å². The van der Waals surface area contributed by atoms with Gasteiger partial charge in [-0.25, -0.2) is 0 Å². The zero-order valence-corrected chi connectivity index (χ0v) is 17.1. The van der Waals surface area contributed by atoms with Gasteiger partial charge in [0.1, 0.15) is 5.76 Å². The van der Waals surface area contributed by atoms with Crippen molar-refractivity contribution in [2.75, 3.05) is 4.90 Å². The lowest BCUT2D eigenvalue weighted by atomic mass is 10.1. The van der Waals surface area contributed by atoms with Crippen molar-refractivity contribution in [3.8, 4) is 22.8 Å². The number of fused-ring (bicyclic) bond motifs is 1. The number of furan rings is 3. The molecule has 3 aromatic heterocycles. The van der Waals surface area contributed by atoms with Crippen LogP contribution in [0.4, 0.5) is 17.1 Å². The molecular weight excluding hydrogens is 398 g/mol. The summed E-state index contributed by atoms with van der Waals surface area (Å²) < 4.78 is 17.5. The number of hydrogen-bond donors (Lipinski definition) is 0. The first-order valence-corrected chi connectivity index (χ1v) is 10.4. The van der Waals surface area contributed by atoms with E-state index >= 15 is 0 Å². The van der Waals surface area contributed by atoms with Gasteiger partial charge in [0, 0.05) is 34.8 Å². The first-order chi connectivity index (χ1) is 15.8. The first-order valence-electron chi connectivity index (χ1n) is 10.4. The minimum Gasteiger partial charge on any atom is -0.461 e. The van der Waals surface area contributed by atoms with Crippen molar-refractivity contribution in [1.82, 2.24) is 0 Å². The Kier molecular flexibility index (Phi) is 4.40. The number of nitrogens with zero attached hydrogens (tertiary/aromatic N) is 1. The van der Waals surface area contributed by atoms with E-state index in [1.54, 1.807) is 6.26 Å². The van der Waals surface area contributed by atoms with Gasteiger partial charge in [0.05, 0.1) is 6.26 Å². The van der Waals surface area contributed by atoms with E-state index in [1.807, 2.05) is 72.8 Å². The lowest BCUT2D eigenvalue weighted by Gasteiger charge is -2.25. The standard InChI is InChI=1S/C28H19NO3/c1-3-10-21(11-4-1)29(22-12-5-2-6-13-22)23-14-7-9-20(17-23)25-18-27-28(31-25)19-26(32-27)24-15-8-16-30-24/h1-19H. The van der Waals surface area contributed by atoms with Crippen LogP contribution in [0.25, 0.3) is 34.0 Å². The Balaban J connectivity index is 1.41. The second-order valence-electron chi connectivity index (χ2n) is 7.48. The smallest absolute Gasteiger partial charge is 0.174 e. The summed E-state index contributed by atoms with van der Waals surface area (Å²) in [5, 5.41) is 0. The summed E-state index contributed by atoms with van der Waals surface area (Å²) in [5.41, 5.74) is 5.59. The topological polar surface area (TPSA) is 42.7 Å². The van der Waals surface area contributed by atoms with Gasteiger partial charge in [0.15, 0.2) is 22.7 Å². The van der Waals surface area contributed by atoms with Crippen LogP contribution >= 0.6 is 0 Å². The molecule has 0 aliphatic rings. The number of benzene rings is 3. The monoisotopic (exact) mass is 417 g/mol. The number of para-hydroxylation sites is 2.